The first-order valence-electron chi connectivity index (χ1n) is 7.91. The molecule has 5 nitrogen and oxygen atoms in total. The van der Waals surface area contributed by atoms with Crippen LogP contribution in [0.5, 0.6) is 5.75 Å². The number of ether oxygens (including phenoxy) is 1. The van der Waals surface area contributed by atoms with Gasteiger partial charge in [0.05, 0.1) is 12.7 Å². The first-order chi connectivity index (χ1) is 11.1. The van der Waals surface area contributed by atoms with Crippen LogP contribution in [0.25, 0.3) is 11.1 Å². The Balaban J connectivity index is 1.93. The molecule has 1 aliphatic rings. The smallest absolute Gasteiger partial charge is 0.256 e. The van der Waals surface area contributed by atoms with Crippen LogP contribution in [0.2, 0.25) is 0 Å². The number of likely N-dealkylation sites (N-methyl/N-ethyl adjacent to an activating group) is 1. The first-order valence-corrected chi connectivity index (χ1v) is 7.91. The Bertz CT molecular complexity index is 695. The van der Waals surface area contributed by atoms with E-state index in [1.807, 2.05) is 35.4 Å². The Morgan fingerprint density at radius 2 is 2.00 bits per heavy atom. The summed E-state index contributed by atoms with van der Waals surface area (Å²) in [5.74, 6) is 0.848. The Labute approximate surface area is 136 Å². The number of rotatable bonds is 3. The highest BCUT2D eigenvalue weighted by atomic mass is 16.5. The second-order valence-electron chi connectivity index (χ2n) is 6.09. The molecule has 1 aromatic carbocycles. The highest BCUT2D eigenvalue weighted by molar-refractivity contribution is 6.01. The lowest BCUT2D eigenvalue weighted by atomic mass is 10.0. The number of H-pyrrole nitrogens is 1. The minimum absolute atomic E-state index is 0.0766. The number of benzene rings is 1. The lowest BCUT2D eigenvalue weighted by molar-refractivity contribution is 0.0534. The van der Waals surface area contributed by atoms with Gasteiger partial charge in [-0.3, -0.25) is 4.79 Å². The van der Waals surface area contributed by atoms with Crippen LogP contribution in [0.15, 0.2) is 36.7 Å². The molecule has 5 heteroatoms. The van der Waals surface area contributed by atoms with Crippen molar-refractivity contribution in [3.8, 4) is 16.9 Å². The predicted molar refractivity (Wildman–Crippen MR) is 90.8 cm³/mol. The SMILES string of the molecule is COc1ccccc1-c1c[nH]cc1C(=O)N1CCN(C)CC1C. The van der Waals surface area contributed by atoms with Crippen molar-refractivity contribution < 1.29 is 9.53 Å². The molecule has 1 atom stereocenters. The number of carbonyl (C=O) groups is 1. The third-order valence-corrected chi connectivity index (χ3v) is 4.46. The molecule has 1 aromatic heterocycles. The molecule has 2 aromatic rings. The highest BCUT2D eigenvalue weighted by Gasteiger charge is 2.28. The average Bonchev–Trinajstić information content (AvgIpc) is 3.03. The molecule has 3 rings (SSSR count). The quantitative estimate of drug-likeness (QED) is 0.947. The van der Waals surface area contributed by atoms with Crippen molar-refractivity contribution in [3.05, 3.63) is 42.2 Å². The normalized spacial score (nSPS) is 18.9. The van der Waals surface area contributed by atoms with Crippen molar-refractivity contribution in [1.82, 2.24) is 14.8 Å². The average molecular weight is 313 g/mol. The van der Waals surface area contributed by atoms with E-state index in [-0.39, 0.29) is 11.9 Å². The summed E-state index contributed by atoms with van der Waals surface area (Å²) in [7, 11) is 3.74. The number of piperazine rings is 1. The van der Waals surface area contributed by atoms with Crippen molar-refractivity contribution in [2.75, 3.05) is 33.8 Å². The van der Waals surface area contributed by atoms with Gasteiger partial charge in [0.25, 0.3) is 5.91 Å². The van der Waals surface area contributed by atoms with Gasteiger partial charge in [0.15, 0.2) is 0 Å². The molecule has 1 unspecified atom stereocenters. The van der Waals surface area contributed by atoms with Crippen molar-refractivity contribution >= 4 is 5.91 Å². The van der Waals surface area contributed by atoms with Gasteiger partial charge in [-0.1, -0.05) is 18.2 Å². The number of hydrogen-bond donors (Lipinski definition) is 1. The molecule has 0 spiro atoms. The number of nitrogens with zero attached hydrogens (tertiary/aromatic N) is 2. The summed E-state index contributed by atoms with van der Waals surface area (Å²) in [5, 5.41) is 0. The second kappa shape index (κ2) is 6.46. The van der Waals surface area contributed by atoms with E-state index in [2.05, 4.69) is 23.9 Å². The standard InChI is InChI=1S/C18H23N3O2/c1-13-12-20(2)8-9-21(13)18(22)16-11-19-10-15(16)14-6-4-5-7-17(14)23-3/h4-7,10-11,13,19H,8-9,12H2,1-3H3. The van der Waals surface area contributed by atoms with Crippen LogP contribution in [0.3, 0.4) is 0 Å². The van der Waals surface area contributed by atoms with Gasteiger partial charge < -0.3 is 19.5 Å². The van der Waals surface area contributed by atoms with Gasteiger partial charge in [-0.25, -0.2) is 0 Å². The maximum Gasteiger partial charge on any atom is 0.256 e. The van der Waals surface area contributed by atoms with Gasteiger partial charge in [-0.15, -0.1) is 0 Å². The zero-order chi connectivity index (χ0) is 16.4. The van der Waals surface area contributed by atoms with E-state index >= 15 is 0 Å². The number of carbonyl (C=O) groups excluding carboxylic acids is 1. The van der Waals surface area contributed by atoms with Gasteiger partial charge in [-0.2, -0.15) is 0 Å². The van der Waals surface area contributed by atoms with E-state index in [1.165, 1.54) is 0 Å². The third kappa shape index (κ3) is 2.97. The third-order valence-electron chi connectivity index (χ3n) is 4.46. The number of aromatic nitrogens is 1. The Morgan fingerprint density at radius 1 is 1.22 bits per heavy atom. The molecule has 0 aliphatic carbocycles. The summed E-state index contributed by atoms with van der Waals surface area (Å²) in [6.07, 6.45) is 3.65. The number of amides is 1. The number of methoxy groups -OCH3 is 1. The molecular weight excluding hydrogens is 290 g/mol. The fourth-order valence-corrected chi connectivity index (χ4v) is 3.23. The number of para-hydroxylation sites is 1. The molecule has 1 N–H and O–H groups in total. The van der Waals surface area contributed by atoms with Gasteiger partial charge in [-0.05, 0) is 20.0 Å². The number of hydrogen-bond acceptors (Lipinski definition) is 3. The molecule has 2 heterocycles. The second-order valence-corrected chi connectivity index (χ2v) is 6.09. The fourth-order valence-electron chi connectivity index (χ4n) is 3.23. The maximum absolute atomic E-state index is 13.0. The predicted octanol–water partition coefficient (Wildman–Crippen LogP) is 2.47. The van der Waals surface area contributed by atoms with Crippen LogP contribution in [0, 0.1) is 0 Å². The first kappa shape index (κ1) is 15.6. The van der Waals surface area contributed by atoms with Crippen LogP contribution < -0.4 is 4.74 Å². The van der Waals surface area contributed by atoms with E-state index in [0.29, 0.717) is 5.56 Å². The van der Waals surface area contributed by atoms with Crippen LogP contribution in [-0.4, -0.2) is 60.5 Å². The van der Waals surface area contributed by atoms with Gasteiger partial charge >= 0.3 is 0 Å². The zero-order valence-corrected chi connectivity index (χ0v) is 13.9. The van der Waals surface area contributed by atoms with E-state index in [0.717, 1.165) is 36.5 Å². The maximum atomic E-state index is 13.0. The highest BCUT2D eigenvalue weighted by Crippen LogP contribution is 2.33. The Kier molecular flexibility index (Phi) is 4.39. The van der Waals surface area contributed by atoms with E-state index < -0.39 is 0 Å². The Hall–Kier alpha value is -2.27. The molecule has 1 fully saturated rings. The van der Waals surface area contributed by atoms with Crippen LogP contribution >= 0.6 is 0 Å². The van der Waals surface area contributed by atoms with Crippen molar-refractivity contribution in [3.63, 3.8) is 0 Å². The summed E-state index contributed by atoms with van der Waals surface area (Å²) in [5.41, 5.74) is 2.52. The molecular formula is C18H23N3O2. The molecule has 1 aliphatic heterocycles. The topological polar surface area (TPSA) is 48.6 Å². The van der Waals surface area contributed by atoms with Gasteiger partial charge in [0.2, 0.25) is 0 Å². The molecule has 23 heavy (non-hydrogen) atoms. The Morgan fingerprint density at radius 3 is 2.74 bits per heavy atom. The minimum Gasteiger partial charge on any atom is -0.496 e. The van der Waals surface area contributed by atoms with E-state index in [9.17, 15) is 4.79 Å². The van der Waals surface area contributed by atoms with E-state index in [1.54, 1.807) is 13.3 Å². The number of aromatic amines is 1. The molecule has 1 saturated heterocycles. The lowest BCUT2D eigenvalue weighted by Crippen LogP contribution is -2.52. The van der Waals surface area contributed by atoms with Crippen molar-refractivity contribution in [1.29, 1.82) is 0 Å². The van der Waals surface area contributed by atoms with Gasteiger partial charge in [0, 0.05) is 49.2 Å². The number of nitrogens with one attached hydrogen (secondary N) is 1. The molecule has 0 bridgehead atoms. The zero-order valence-electron chi connectivity index (χ0n) is 13.9. The van der Waals surface area contributed by atoms with Crippen molar-refractivity contribution in [2.45, 2.75) is 13.0 Å². The summed E-state index contributed by atoms with van der Waals surface area (Å²) < 4.78 is 5.44. The minimum atomic E-state index is 0.0766. The van der Waals surface area contributed by atoms with E-state index in [4.69, 9.17) is 4.74 Å². The monoisotopic (exact) mass is 313 g/mol. The van der Waals surface area contributed by atoms with Crippen LogP contribution in [0.1, 0.15) is 17.3 Å². The summed E-state index contributed by atoms with van der Waals surface area (Å²) in [6, 6.07) is 7.99. The summed E-state index contributed by atoms with van der Waals surface area (Å²) in [4.78, 5) is 20.3. The molecule has 1 amide bonds. The molecule has 122 valence electrons. The van der Waals surface area contributed by atoms with Crippen LogP contribution in [-0.2, 0) is 0 Å². The molecule has 0 saturated carbocycles. The lowest BCUT2D eigenvalue weighted by Gasteiger charge is -2.38. The van der Waals surface area contributed by atoms with Crippen LogP contribution in [0.4, 0.5) is 0 Å². The fraction of sp³-hybridized carbons (Fsp3) is 0.389. The summed E-state index contributed by atoms with van der Waals surface area (Å²) >= 11 is 0. The largest absolute Gasteiger partial charge is 0.496 e. The van der Waals surface area contributed by atoms with Crippen molar-refractivity contribution in [2.24, 2.45) is 0 Å². The van der Waals surface area contributed by atoms with Gasteiger partial charge in [0.1, 0.15) is 5.75 Å². The molecule has 0 radical (unpaired) electrons. The summed E-state index contributed by atoms with van der Waals surface area (Å²) in [6.45, 7) is 4.67.